The molecule has 0 spiro atoms. The number of amides is 1. The van der Waals surface area contributed by atoms with E-state index in [-0.39, 0.29) is 12.5 Å². The van der Waals surface area contributed by atoms with Gasteiger partial charge in [-0.3, -0.25) is 9.78 Å². The molecule has 1 amide bonds. The minimum Gasteiger partial charge on any atom is -0.497 e. The minimum absolute atomic E-state index is 0.0140. The Hall–Kier alpha value is -2.56. The zero-order valence-corrected chi connectivity index (χ0v) is 13.1. The summed E-state index contributed by atoms with van der Waals surface area (Å²) in [7, 11) is 1.62. The third-order valence-electron chi connectivity index (χ3n) is 3.83. The molecule has 1 heterocycles. The maximum atomic E-state index is 12.5. The molecule has 1 aromatic heterocycles. The molecule has 1 saturated carbocycles. The van der Waals surface area contributed by atoms with Gasteiger partial charge in [0.1, 0.15) is 11.5 Å². The first-order valence-electron chi connectivity index (χ1n) is 7.71. The maximum absolute atomic E-state index is 12.5. The molecule has 0 saturated heterocycles. The Morgan fingerprint density at radius 2 is 1.78 bits per heavy atom. The molecule has 0 unspecified atom stereocenters. The van der Waals surface area contributed by atoms with Crippen LogP contribution in [0.1, 0.15) is 18.4 Å². The van der Waals surface area contributed by atoms with Crippen LogP contribution in [-0.4, -0.2) is 35.5 Å². The van der Waals surface area contributed by atoms with Gasteiger partial charge in [0, 0.05) is 25.0 Å². The molecular formula is C18H20N2O3. The Labute approximate surface area is 135 Å². The topological polar surface area (TPSA) is 51.7 Å². The molecule has 2 aromatic rings. The fraction of sp³-hybridized carbons (Fsp3) is 0.333. The molecule has 1 aliphatic rings. The number of rotatable bonds is 7. The molecule has 1 fully saturated rings. The first-order chi connectivity index (χ1) is 11.3. The number of hydrogen-bond acceptors (Lipinski definition) is 4. The highest BCUT2D eigenvalue weighted by Gasteiger charge is 2.32. The Bertz CT molecular complexity index is 639. The zero-order chi connectivity index (χ0) is 16.1. The summed E-state index contributed by atoms with van der Waals surface area (Å²) in [4.78, 5) is 18.4. The van der Waals surface area contributed by atoms with E-state index < -0.39 is 0 Å². The van der Waals surface area contributed by atoms with Crippen LogP contribution in [0.5, 0.6) is 11.5 Å². The smallest absolute Gasteiger partial charge is 0.261 e. The van der Waals surface area contributed by atoms with E-state index in [9.17, 15) is 4.79 Å². The van der Waals surface area contributed by atoms with Crippen molar-refractivity contribution in [1.29, 1.82) is 0 Å². The number of pyridine rings is 1. The fourth-order valence-corrected chi connectivity index (χ4v) is 2.39. The average molecular weight is 312 g/mol. The highest BCUT2D eigenvalue weighted by molar-refractivity contribution is 5.78. The second kappa shape index (κ2) is 7.13. The van der Waals surface area contributed by atoms with Gasteiger partial charge in [-0.05, 0) is 54.8 Å². The van der Waals surface area contributed by atoms with E-state index in [0.717, 1.165) is 24.2 Å². The molecule has 120 valence electrons. The van der Waals surface area contributed by atoms with Gasteiger partial charge in [0.15, 0.2) is 6.61 Å². The van der Waals surface area contributed by atoms with Crippen LogP contribution in [0.25, 0.3) is 0 Å². The molecular weight excluding hydrogens is 292 g/mol. The van der Waals surface area contributed by atoms with Gasteiger partial charge < -0.3 is 14.4 Å². The van der Waals surface area contributed by atoms with E-state index in [2.05, 4.69) is 4.98 Å². The van der Waals surface area contributed by atoms with Gasteiger partial charge >= 0.3 is 0 Å². The minimum atomic E-state index is 0.0140. The maximum Gasteiger partial charge on any atom is 0.261 e. The quantitative estimate of drug-likeness (QED) is 0.789. The second-order valence-electron chi connectivity index (χ2n) is 5.57. The van der Waals surface area contributed by atoms with Gasteiger partial charge in [-0.25, -0.2) is 0 Å². The molecule has 0 bridgehead atoms. The molecule has 0 radical (unpaired) electrons. The average Bonchev–Trinajstić information content (AvgIpc) is 3.44. The SMILES string of the molecule is COc1ccc(OCC(=O)N(Cc2ccncc2)C2CC2)cc1. The van der Waals surface area contributed by atoms with Gasteiger partial charge in [0.05, 0.1) is 7.11 Å². The molecule has 0 N–H and O–H groups in total. The highest BCUT2D eigenvalue weighted by Crippen LogP contribution is 2.28. The Kier molecular flexibility index (Phi) is 4.76. The zero-order valence-electron chi connectivity index (χ0n) is 13.1. The van der Waals surface area contributed by atoms with Gasteiger partial charge in [-0.1, -0.05) is 0 Å². The molecule has 1 aromatic carbocycles. The van der Waals surface area contributed by atoms with Crippen LogP contribution in [0.4, 0.5) is 0 Å². The van der Waals surface area contributed by atoms with Crippen molar-refractivity contribution >= 4 is 5.91 Å². The highest BCUT2D eigenvalue weighted by atomic mass is 16.5. The van der Waals surface area contributed by atoms with Gasteiger partial charge in [-0.2, -0.15) is 0 Å². The molecule has 0 atom stereocenters. The van der Waals surface area contributed by atoms with Crippen molar-refractivity contribution in [1.82, 2.24) is 9.88 Å². The number of carbonyl (C=O) groups excluding carboxylic acids is 1. The van der Waals surface area contributed by atoms with Crippen molar-refractivity contribution in [3.63, 3.8) is 0 Å². The first kappa shape index (κ1) is 15.3. The number of ether oxygens (including phenoxy) is 2. The van der Waals surface area contributed by atoms with Crippen molar-refractivity contribution in [3.05, 3.63) is 54.4 Å². The van der Waals surface area contributed by atoms with E-state index >= 15 is 0 Å². The van der Waals surface area contributed by atoms with E-state index in [1.165, 1.54) is 0 Å². The number of carbonyl (C=O) groups is 1. The predicted molar refractivity (Wildman–Crippen MR) is 86.3 cm³/mol. The van der Waals surface area contributed by atoms with Crippen LogP contribution in [0.3, 0.4) is 0 Å². The summed E-state index contributed by atoms with van der Waals surface area (Å²) in [5, 5.41) is 0. The summed E-state index contributed by atoms with van der Waals surface area (Å²) in [5.74, 6) is 1.44. The molecule has 0 aliphatic heterocycles. The predicted octanol–water partition coefficient (Wildman–Crippen LogP) is 2.66. The van der Waals surface area contributed by atoms with Crippen molar-refractivity contribution in [3.8, 4) is 11.5 Å². The number of nitrogens with zero attached hydrogens (tertiary/aromatic N) is 2. The van der Waals surface area contributed by atoms with Crippen molar-refractivity contribution in [2.45, 2.75) is 25.4 Å². The molecule has 3 rings (SSSR count). The monoisotopic (exact) mass is 312 g/mol. The number of benzene rings is 1. The Morgan fingerprint density at radius 1 is 1.13 bits per heavy atom. The van der Waals surface area contributed by atoms with Crippen LogP contribution in [0.2, 0.25) is 0 Å². The van der Waals surface area contributed by atoms with Crippen LogP contribution in [0, 0.1) is 0 Å². The Morgan fingerprint density at radius 3 is 2.39 bits per heavy atom. The number of aromatic nitrogens is 1. The molecule has 5 nitrogen and oxygen atoms in total. The Balaban J connectivity index is 1.58. The van der Waals surface area contributed by atoms with E-state index in [0.29, 0.717) is 18.3 Å². The number of methoxy groups -OCH3 is 1. The van der Waals surface area contributed by atoms with Crippen LogP contribution in [0.15, 0.2) is 48.8 Å². The van der Waals surface area contributed by atoms with Crippen molar-refractivity contribution < 1.29 is 14.3 Å². The van der Waals surface area contributed by atoms with Crippen LogP contribution >= 0.6 is 0 Å². The summed E-state index contributed by atoms with van der Waals surface area (Å²) in [6.07, 6.45) is 5.64. The standard InChI is InChI=1S/C18H20N2O3/c1-22-16-4-6-17(7-5-16)23-13-18(21)20(15-2-3-15)12-14-8-10-19-11-9-14/h4-11,15H,2-3,12-13H2,1H3. The summed E-state index contributed by atoms with van der Waals surface area (Å²) in [6, 6.07) is 11.5. The van der Waals surface area contributed by atoms with Crippen LogP contribution in [-0.2, 0) is 11.3 Å². The lowest BCUT2D eigenvalue weighted by Gasteiger charge is -2.22. The summed E-state index contributed by atoms with van der Waals surface area (Å²) in [6.45, 7) is 0.659. The summed E-state index contributed by atoms with van der Waals surface area (Å²) < 4.78 is 10.7. The molecule has 23 heavy (non-hydrogen) atoms. The third-order valence-corrected chi connectivity index (χ3v) is 3.83. The number of hydrogen-bond donors (Lipinski definition) is 0. The van der Waals surface area contributed by atoms with E-state index in [1.54, 1.807) is 31.6 Å². The lowest BCUT2D eigenvalue weighted by molar-refractivity contribution is -0.134. The largest absolute Gasteiger partial charge is 0.497 e. The lowest BCUT2D eigenvalue weighted by atomic mass is 10.2. The summed E-state index contributed by atoms with van der Waals surface area (Å²) >= 11 is 0. The van der Waals surface area contributed by atoms with Gasteiger partial charge in [-0.15, -0.1) is 0 Å². The summed E-state index contributed by atoms with van der Waals surface area (Å²) in [5.41, 5.74) is 1.09. The van der Waals surface area contributed by atoms with E-state index in [4.69, 9.17) is 9.47 Å². The second-order valence-corrected chi connectivity index (χ2v) is 5.57. The lowest BCUT2D eigenvalue weighted by Crippen LogP contribution is -2.36. The van der Waals surface area contributed by atoms with Gasteiger partial charge in [0.2, 0.25) is 0 Å². The van der Waals surface area contributed by atoms with Gasteiger partial charge in [0.25, 0.3) is 5.91 Å². The molecule has 1 aliphatic carbocycles. The van der Waals surface area contributed by atoms with Crippen LogP contribution < -0.4 is 9.47 Å². The first-order valence-corrected chi connectivity index (χ1v) is 7.71. The van der Waals surface area contributed by atoms with Crippen molar-refractivity contribution in [2.75, 3.05) is 13.7 Å². The third kappa shape index (κ3) is 4.22. The van der Waals surface area contributed by atoms with Crippen molar-refractivity contribution in [2.24, 2.45) is 0 Å². The molecule has 5 heteroatoms. The normalized spacial score (nSPS) is 13.4. The fourth-order valence-electron chi connectivity index (χ4n) is 2.39. The van der Waals surface area contributed by atoms with E-state index in [1.807, 2.05) is 29.2 Å².